The number of rotatable bonds is 3. The van der Waals surface area contributed by atoms with E-state index in [1.54, 1.807) is 6.20 Å². The maximum absolute atomic E-state index is 6.03. The fourth-order valence-corrected chi connectivity index (χ4v) is 2.73. The summed E-state index contributed by atoms with van der Waals surface area (Å²) in [6, 6.07) is 12.2. The Kier molecular flexibility index (Phi) is 3.64. The first-order valence-electron chi connectivity index (χ1n) is 6.34. The number of hydrogen-bond acceptors (Lipinski definition) is 2. The minimum absolute atomic E-state index is 0.114. The van der Waals surface area contributed by atoms with Gasteiger partial charge in [-0.05, 0) is 18.6 Å². The highest BCUT2D eigenvalue weighted by Crippen LogP contribution is 2.26. The SMILES string of the molecule is CC(c1ccccc1)n1c(CCl)nc2cc(Cl)cnc21. The first-order chi connectivity index (χ1) is 9.70. The molecule has 0 radical (unpaired) electrons. The summed E-state index contributed by atoms with van der Waals surface area (Å²) in [5.41, 5.74) is 2.77. The summed E-state index contributed by atoms with van der Waals surface area (Å²) in [4.78, 5) is 8.93. The van der Waals surface area contributed by atoms with E-state index in [-0.39, 0.29) is 6.04 Å². The monoisotopic (exact) mass is 305 g/mol. The number of nitrogens with zero attached hydrogens (tertiary/aromatic N) is 3. The van der Waals surface area contributed by atoms with Crippen LogP contribution in [0, 0.1) is 0 Å². The summed E-state index contributed by atoms with van der Waals surface area (Å²) in [5, 5.41) is 0.579. The van der Waals surface area contributed by atoms with Gasteiger partial charge >= 0.3 is 0 Å². The molecule has 0 fully saturated rings. The fraction of sp³-hybridized carbons (Fsp3) is 0.200. The van der Waals surface area contributed by atoms with Crippen LogP contribution in [0.15, 0.2) is 42.6 Å². The van der Waals surface area contributed by atoms with E-state index < -0.39 is 0 Å². The van der Waals surface area contributed by atoms with Crippen molar-refractivity contribution >= 4 is 34.4 Å². The van der Waals surface area contributed by atoms with Crippen molar-refractivity contribution in [2.45, 2.75) is 18.8 Å². The quantitative estimate of drug-likeness (QED) is 0.670. The van der Waals surface area contributed by atoms with Gasteiger partial charge in [-0.2, -0.15) is 0 Å². The maximum Gasteiger partial charge on any atom is 0.160 e. The summed E-state index contributed by atoms with van der Waals surface area (Å²) in [6.07, 6.45) is 1.64. The molecule has 102 valence electrons. The molecule has 0 bridgehead atoms. The summed E-state index contributed by atoms with van der Waals surface area (Å²) >= 11 is 12.0. The zero-order chi connectivity index (χ0) is 14.1. The lowest BCUT2D eigenvalue weighted by atomic mass is 10.1. The van der Waals surface area contributed by atoms with Gasteiger partial charge in [-0.25, -0.2) is 9.97 Å². The first-order valence-corrected chi connectivity index (χ1v) is 7.25. The summed E-state index contributed by atoms with van der Waals surface area (Å²) in [5.74, 6) is 1.14. The second kappa shape index (κ2) is 5.43. The molecule has 2 heterocycles. The third kappa shape index (κ3) is 2.28. The van der Waals surface area contributed by atoms with Gasteiger partial charge in [-0.3, -0.25) is 0 Å². The number of halogens is 2. The van der Waals surface area contributed by atoms with E-state index in [1.165, 1.54) is 5.56 Å². The highest BCUT2D eigenvalue weighted by molar-refractivity contribution is 6.31. The van der Waals surface area contributed by atoms with Crippen molar-refractivity contribution in [2.24, 2.45) is 0 Å². The van der Waals surface area contributed by atoms with Crippen molar-refractivity contribution in [1.29, 1.82) is 0 Å². The number of pyridine rings is 1. The Morgan fingerprint density at radius 2 is 2.00 bits per heavy atom. The molecule has 0 aliphatic carbocycles. The number of aromatic nitrogens is 3. The Hall–Kier alpha value is -1.58. The van der Waals surface area contributed by atoms with Gasteiger partial charge in [0, 0.05) is 6.20 Å². The third-order valence-electron chi connectivity index (χ3n) is 3.36. The molecule has 0 saturated heterocycles. The highest BCUT2D eigenvalue weighted by Gasteiger charge is 2.17. The van der Waals surface area contributed by atoms with Gasteiger partial charge in [-0.1, -0.05) is 41.9 Å². The van der Waals surface area contributed by atoms with Crippen molar-refractivity contribution in [3.05, 3.63) is 59.0 Å². The molecule has 20 heavy (non-hydrogen) atoms. The zero-order valence-corrected chi connectivity index (χ0v) is 12.4. The van der Waals surface area contributed by atoms with Crippen LogP contribution in [-0.4, -0.2) is 14.5 Å². The molecule has 0 aliphatic rings. The van der Waals surface area contributed by atoms with E-state index in [4.69, 9.17) is 23.2 Å². The van der Waals surface area contributed by atoms with Crippen LogP contribution in [0.1, 0.15) is 24.4 Å². The maximum atomic E-state index is 6.03. The van der Waals surface area contributed by atoms with Crippen LogP contribution in [-0.2, 0) is 5.88 Å². The smallest absolute Gasteiger partial charge is 0.160 e. The van der Waals surface area contributed by atoms with E-state index in [0.29, 0.717) is 10.9 Å². The standard InChI is InChI=1S/C15H13Cl2N3/c1-10(11-5-3-2-4-6-11)20-14(8-16)19-13-7-12(17)9-18-15(13)20/h2-7,9-10H,8H2,1H3. The molecule has 0 saturated carbocycles. The first kappa shape index (κ1) is 13.4. The highest BCUT2D eigenvalue weighted by atomic mass is 35.5. The van der Waals surface area contributed by atoms with E-state index in [2.05, 4.69) is 33.6 Å². The molecule has 5 heteroatoms. The predicted molar refractivity (Wildman–Crippen MR) is 82.4 cm³/mol. The molecular weight excluding hydrogens is 293 g/mol. The number of hydrogen-bond donors (Lipinski definition) is 0. The van der Waals surface area contributed by atoms with Crippen molar-refractivity contribution < 1.29 is 0 Å². The minimum atomic E-state index is 0.114. The average Bonchev–Trinajstić information content (AvgIpc) is 2.84. The van der Waals surface area contributed by atoms with E-state index in [0.717, 1.165) is 17.0 Å². The van der Waals surface area contributed by atoms with Crippen molar-refractivity contribution in [2.75, 3.05) is 0 Å². The number of fused-ring (bicyclic) bond motifs is 1. The molecular formula is C15H13Cl2N3. The molecule has 0 aliphatic heterocycles. The number of benzene rings is 1. The molecule has 2 aromatic heterocycles. The number of imidazole rings is 1. The van der Waals surface area contributed by atoms with Gasteiger partial charge < -0.3 is 4.57 Å². The van der Waals surface area contributed by atoms with Crippen LogP contribution in [0.3, 0.4) is 0 Å². The molecule has 3 nitrogen and oxygen atoms in total. The molecule has 0 spiro atoms. The summed E-state index contributed by atoms with van der Waals surface area (Å²) in [6.45, 7) is 2.11. The molecule has 1 unspecified atom stereocenters. The molecule has 1 aromatic carbocycles. The molecule has 3 rings (SSSR count). The van der Waals surface area contributed by atoms with Crippen LogP contribution in [0.2, 0.25) is 5.02 Å². The molecule has 0 N–H and O–H groups in total. The summed E-state index contributed by atoms with van der Waals surface area (Å²) in [7, 11) is 0. The summed E-state index contributed by atoms with van der Waals surface area (Å²) < 4.78 is 2.06. The lowest BCUT2D eigenvalue weighted by molar-refractivity contribution is 0.629. The Morgan fingerprint density at radius 1 is 1.25 bits per heavy atom. The number of alkyl halides is 1. The Labute approximate surface area is 127 Å². The van der Waals surface area contributed by atoms with Crippen molar-refractivity contribution in [1.82, 2.24) is 14.5 Å². The third-order valence-corrected chi connectivity index (χ3v) is 3.80. The lowest BCUT2D eigenvalue weighted by Gasteiger charge is -2.16. The van der Waals surface area contributed by atoms with Crippen LogP contribution in [0.5, 0.6) is 0 Å². The van der Waals surface area contributed by atoms with Crippen LogP contribution < -0.4 is 0 Å². The molecule has 1 atom stereocenters. The fourth-order valence-electron chi connectivity index (χ4n) is 2.39. The van der Waals surface area contributed by atoms with Gasteiger partial charge in [0.25, 0.3) is 0 Å². The second-order valence-electron chi connectivity index (χ2n) is 4.61. The van der Waals surface area contributed by atoms with Gasteiger partial charge in [0.15, 0.2) is 5.65 Å². The second-order valence-corrected chi connectivity index (χ2v) is 5.32. The van der Waals surface area contributed by atoms with E-state index in [9.17, 15) is 0 Å². The van der Waals surface area contributed by atoms with Gasteiger partial charge in [0.05, 0.1) is 16.9 Å². The van der Waals surface area contributed by atoms with Gasteiger partial charge in [0.2, 0.25) is 0 Å². The van der Waals surface area contributed by atoms with Crippen molar-refractivity contribution in [3.63, 3.8) is 0 Å². The average molecular weight is 306 g/mol. The van der Waals surface area contributed by atoms with E-state index in [1.807, 2.05) is 24.3 Å². The lowest BCUT2D eigenvalue weighted by Crippen LogP contribution is -2.10. The Bertz CT molecular complexity index is 737. The zero-order valence-electron chi connectivity index (χ0n) is 10.9. The van der Waals surface area contributed by atoms with E-state index >= 15 is 0 Å². The molecule has 0 amide bonds. The Balaban J connectivity index is 2.19. The minimum Gasteiger partial charge on any atom is -0.304 e. The van der Waals surface area contributed by atoms with Crippen molar-refractivity contribution in [3.8, 4) is 0 Å². The molecule has 3 aromatic rings. The van der Waals surface area contributed by atoms with Crippen LogP contribution >= 0.6 is 23.2 Å². The van der Waals surface area contributed by atoms with Crippen LogP contribution in [0.25, 0.3) is 11.2 Å². The Morgan fingerprint density at radius 3 is 2.70 bits per heavy atom. The van der Waals surface area contributed by atoms with Gasteiger partial charge in [-0.15, -0.1) is 11.6 Å². The topological polar surface area (TPSA) is 30.7 Å². The normalized spacial score (nSPS) is 12.8. The van der Waals surface area contributed by atoms with Gasteiger partial charge in [0.1, 0.15) is 11.3 Å². The van der Waals surface area contributed by atoms with Crippen LogP contribution in [0.4, 0.5) is 0 Å². The predicted octanol–water partition coefficient (Wildman–Crippen LogP) is 4.43. The largest absolute Gasteiger partial charge is 0.304 e.